The number of carbonyl (C=O) groups is 1. The van der Waals surface area contributed by atoms with E-state index in [0.29, 0.717) is 46.2 Å². The molecule has 4 rings (SSSR count). The van der Waals surface area contributed by atoms with Crippen LogP contribution in [-0.2, 0) is 17.8 Å². The molecule has 37 heavy (non-hydrogen) atoms. The van der Waals surface area contributed by atoms with Gasteiger partial charge in [-0.15, -0.1) is 6.58 Å². The summed E-state index contributed by atoms with van der Waals surface area (Å²) in [5, 5.41) is 3.99. The molecule has 0 saturated carbocycles. The fourth-order valence-electron chi connectivity index (χ4n) is 3.70. The molecule has 1 N–H and O–H groups in total. The standard InChI is InChI=1S/C29H26ClIN2O3S/c1-4-7-21-14-20(15-25(35-5-2)27(21)36-17-19-10-12-22(31)13-11-19)16-26-28(34)33-29(37-26)32-24-9-6-8-23(30)18(24)3/h4,6,8-16H,1,5,7,17H2,2-3H3,(H,32,33,34)/b26-16+. The van der Waals surface area contributed by atoms with Crippen LogP contribution in [0.4, 0.5) is 5.69 Å². The molecule has 1 saturated heterocycles. The highest BCUT2D eigenvalue weighted by molar-refractivity contribution is 14.1. The van der Waals surface area contributed by atoms with Crippen LogP contribution >= 0.6 is 46.0 Å². The average molecular weight is 645 g/mol. The van der Waals surface area contributed by atoms with Crippen molar-refractivity contribution in [1.29, 1.82) is 0 Å². The lowest BCUT2D eigenvalue weighted by Crippen LogP contribution is -2.19. The first-order valence-corrected chi connectivity index (χ1v) is 14.0. The zero-order valence-corrected chi connectivity index (χ0v) is 24.2. The van der Waals surface area contributed by atoms with Gasteiger partial charge in [-0.25, -0.2) is 4.99 Å². The second-order valence-electron chi connectivity index (χ2n) is 8.21. The molecule has 1 amide bonds. The number of allylic oxidation sites excluding steroid dienone is 1. The van der Waals surface area contributed by atoms with Crippen LogP contribution in [0.3, 0.4) is 0 Å². The normalized spacial score (nSPS) is 15.2. The monoisotopic (exact) mass is 644 g/mol. The first-order chi connectivity index (χ1) is 17.9. The molecular weight excluding hydrogens is 619 g/mol. The molecule has 0 unspecified atom stereocenters. The van der Waals surface area contributed by atoms with E-state index in [2.05, 4.69) is 51.6 Å². The summed E-state index contributed by atoms with van der Waals surface area (Å²) < 4.78 is 13.4. The minimum absolute atomic E-state index is 0.203. The van der Waals surface area contributed by atoms with Crippen LogP contribution in [0.1, 0.15) is 29.2 Å². The SMILES string of the molecule is C=CCc1cc(/C=C2/SC(=Nc3cccc(Cl)c3C)NC2=O)cc(OCC)c1OCc1ccc(I)cc1. The summed E-state index contributed by atoms with van der Waals surface area (Å²) in [5.74, 6) is 1.11. The summed E-state index contributed by atoms with van der Waals surface area (Å²) in [5.41, 5.74) is 4.42. The van der Waals surface area contributed by atoms with Crippen LogP contribution in [0, 0.1) is 10.5 Å². The van der Waals surface area contributed by atoms with Crippen LogP contribution in [0.2, 0.25) is 5.02 Å². The number of amides is 1. The Labute approximate surface area is 240 Å². The van der Waals surface area contributed by atoms with Crippen molar-refractivity contribution in [3.8, 4) is 11.5 Å². The van der Waals surface area contributed by atoms with Gasteiger partial charge < -0.3 is 14.8 Å². The summed E-state index contributed by atoms with van der Waals surface area (Å²) >= 11 is 9.79. The third-order valence-corrected chi connectivity index (χ3v) is 7.56. The van der Waals surface area contributed by atoms with Crippen LogP contribution < -0.4 is 14.8 Å². The molecule has 0 bridgehead atoms. The van der Waals surface area contributed by atoms with Gasteiger partial charge in [0.15, 0.2) is 16.7 Å². The summed E-state index contributed by atoms with van der Waals surface area (Å²) in [6.07, 6.45) is 4.26. The number of benzene rings is 3. The third-order valence-electron chi connectivity index (χ3n) is 5.52. The molecule has 0 radical (unpaired) electrons. The lowest BCUT2D eigenvalue weighted by molar-refractivity contribution is -0.115. The van der Waals surface area contributed by atoms with Gasteiger partial charge in [0.25, 0.3) is 5.91 Å². The number of hydrogen-bond acceptors (Lipinski definition) is 5. The van der Waals surface area contributed by atoms with Crippen molar-refractivity contribution in [1.82, 2.24) is 5.32 Å². The topological polar surface area (TPSA) is 59.9 Å². The first-order valence-electron chi connectivity index (χ1n) is 11.7. The minimum Gasteiger partial charge on any atom is -0.490 e. The first kappa shape index (κ1) is 27.3. The van der Waals surface area contributed by atoms with Crippen molar-refractivity contribution in [2.75, 3.05) is 6.61 Å². The van der Waals surface area contributed by atoms with E-state index in [1.165, 1.54) is 15.3 Å². The quantitative estimate of drug-likeness (QED) is 0.146. The number of carbonyl (C=O) groups excluding carboxylic acids is 1. The van der Waals surface area contributed by atoms with Crippen molar-refractivity contribution < 1.29 is 14.3 Å². The van der Waals surface area contributed by atoms with E-state index in [9.17, 15) is 4.79 Å². The van der Waals surface area contributed by atoms with Gasteiger partial charge >= 0.3 is 0 Å². The summed E-state index contributed by atoms with van der Waals surface area (Å²) in [6, 6.07) is 17.6. The number of rotatable bonds is 9. The van der Waals surface area contributed by atoms with E-state index >= 15 is 0 Å². The molecule has 1 fully saturated rings. The van der Waals surface area contributed by atoms with Gasteiger partial charge in [-0.05, 0) is 114 Å². The average Bonchev–Trinajstić information content (AvgIpc) is 3.21. The predicted octanol–water partition coefficient (Wildman–Crippen LogP) is 7.85. The molecule has 1 aliphatic heterocycles. The molecule has 0 aromatic heterocycles. The predicted molar refractivity (Wildman–Crippen MR) is 162 cm³/mol. The maximum absolute atomic E-state index is 12.7. The summed E-state index contributed by atoms with van der Waals surface area (Å²) in [6.45, 7) is 8.64. The van der Waals surface area contributed by atoms with Crippen LogP contribution in [-0.4, -0.2) is 17.7 Å². The van der Waals surface area contributed by atoms with E-state index in [-0.39, 0.29) is 5.91 Å². The smallest absolute Gasteiger partial charge is 0.264 e. The third kappa shape index (κ3) is 6.97. The number of nitrogens with one attached hydrogen (secondary N) is 1. The molecule has 3 aromatic rings. The molecular formula is C29H26ClIN2O3S. The van der Waals surface area contributed by atoms with Gasteiger partial charge in [0, 0.05) is 14.2 Å². The van der Waals surface area contributed by atoms with Gasteiger partial charge in [-0.1, -0.05) is 35.9 Å². The summed E-state index contributed by atoms with van der Waals surface area (Å²) in [7, 11) is 0. The van der Waals surface area contributed by atoms with Gasteiger partial charge in [-0.3, -0.25) is 4.79 Å². The fraction of sp³-hybridized carbons (Fsp3) is 0.172. The van der Waals surface area contributed by atoms with E-state index in [4.69, 9.17) is 21.1 Å². The zero-order chi connectivity index (χ0) is 26.4. The molecule has 0 aliphatic carbocycles. The Balaban J connectivity index is 1.63. The summed E-state index contributed by atoms with van der Waals surface area (Å²) in [4.78, 5) is 17.9. The van der Waals surface area contributed by atoms with Crippen LogP contribution in [0.5, 0.6) is 11.5 Å². The largest absolute Gasteiger partial charge is 0.490 e. The number of thioether (sulfide) groups is 1. The molecule has 1 aliphatic rings. The lowest BCUT2D eigenvalue weighted by Gasteiger charge is -2.17. The van der Waals surface area contributed by atoms with Gasteiger partial charge in [0.2, 0.25) is 0 Å². The van der Waals surface area contributed by atoms with Crippen molar-refractivity contribution in [3.05, 3.63) is 103 Å². The van der Waals surface area contributed by atoms with Crippen molar-refractivity contribution >= 4 is 68.8 Å². The Hall–Kier alpha value is -2.75. The van der Waals surface area contributed by atoms with E-state index in [0.717, 1.165) is 27.9 Å². The number of ether oxygens (including phenoxy) is 2. The number of aliphatic imine (C=N–C) groups is 1. The van der Waals surface area contributed by atoms with Crippen LogP contribution in [0.15, 0.2) is 77.1 Å². The highest BCUT2D eigenvalue weighted by atomic mass is 127. The highest BCUT2D eigenvalue weighted by Crippen LogP contribution is 2.37. The van der Waals surface area contributed by atoms with Crippen molar-refractivity contribution in [2.45, 2.75) is 26.9 Å². The van der Waals surface area contributed by atoms with Crippen molar-refractivity contribution in [2.24, 2.45) is 4.99 Å². The molecule has 1 heterocycles. The van der Waals surface area contributed by atoms with Crippen LogP contribution in [0.25, 0.3) is 6.08 Å². The molecule has 3 aromatic carbocycles. The maximum atomic E-state index is 12.7. The van der Waals surface area contributed by atoms with Gasteiger partial charge in [0.1, 0.15) is 6.61 Å². The highest BCUT2D eigenvalue weighted by Gasteiger charge is 2.24. The molecule has 5 nitrogen and oxygen atoms in total. The van der Waals surface area contributed by atoms with E-state index in [1.54, 1.807) is 0 Å². The molecule has 0 spiro atoms. The molecule has 190 valence electrons. The molecule has 0 atom stereocenters. The second kappa shape index (κ2) is 12.7. The second-order valence-corrected chi connectivity index (χ2v) is 10.9. The number of hydrogen-bond donors (Lipinski definition) is 1. The fourth-order valence-corrected chi connectivity index (χ4v) is 5.06. The Kier molecular flexibility index (Phi) is 9.34. The Morgan fingerprint density at radius 2 is 1.95 bits per heavy atom. The molecule has 8 heteroatoms. The lowest BCUT2D eigenvalue weighted by atomic mass is 10.0. The Bertz CT molecular complexity index is 1390. The van der Waals surface area contributed by atoms with E-state index in [1.807, 2.05) is 68.5 Å². The Morgan fingerprint density at radius 1 is 1.16 bits per heavy atom. The zero-order valence-electron chi connectivity index (χ0n) is 20.5. The Morgan fingerprint density at radius 3 is 2.68 bits per heavy atom. The number of amidine groups is 1. The van der Waals surface area contributed by atoms with Gasteiger partial charge in [-0.2, -0.15) is 0 Å². The van der Waals surface area contributed by atoms with Gasteiger partial charge in [0.05, 0.1) is 17.2 Å². The minimum atomic E-state index is -0.203. The maximum Gasteiger partial charge on any atom is 0.264 e. The number of halogens is 2. The van der Waals surface area contributed by atoms with E-state index < -0.39 is 0 Å². The number of nitrogens with zero attached hydrogens (tertiary/aromatic N) is 1. The van der Waals surface area contributed by atoms with Crippen molar-refractivity contribution in [3.63, 3.8) is 0 Å².